The van der Waals surface area contributed by atoms with Crippen LogP contribution in [-0.4, -0.2) is 48.3 Å². The van der Waals surface area contributed by atoms with E-state index in [1.165, 1.54) is 16.6 Å². The van der Waals surface area contributed by atoms with Gasteiger partial charge in [-0.05, 0) is 24.3 Å². The van der Waals surface area contributed by atoms with Crippen LogP contribution in [0.2, 0.25) is 0 Å². The highest BCUT2D eigenvalue weighted by Crippen LogP contribution is 2.05. The average molecular weight is 216 g/mol. The van der Waals surface area contributed by atoms with Crippen LogP contribution in [0.5, 0.6) is 0 Å². The van der Waals surface area contributed by atoms with Crippen LogP contribution in [0.15, 0.2) is 24.3 Å². The lowest BCUT2D eigenvalue weighted by Gasteiger charge is -2.02. The van der Waals surface area contributed by atoms with Gasteiger partial charge in [-0.1, -0.05) is 0 Å². The van der Waals surface area contributed by atoms with Crippen LogP contribution in [0.3, 0.4) is 0 Å². The Balaban J connectivity index is 2.69. The minimum Gasteiger partial charge on any atom is -0.382 e. The van der Waals surface area contributed by atoms with Crippen molar-refractivity contribution in [1.29, 1.82) is 0 Å². The highest BCUT2D eigenvalue weighted by Gasteiger charge is 2.04. The Morgan fingerprint density at radius 3 is 2.44 bits per heavy atom. The molecule has 2 heterocycles. The quantitative estimate of drug-likeness (QED) is 0.529. The Bertz CT molecular complexity index is 572. The van der Waals surface area contributed by atoms with E-state index in [4.69, 9.17) is 0 Å². The summed E-state index contributed by atoms with van der Waals surface area (Å²) in [6.07, 6.45) is 4.25. The molecule has 0 fully saturated rings. The predicted octanol–water partition coefficient (Wildman–Crippen LogP) is 0.649. The summed E-state index contributed by atoms with van der Waals surface area (Å²) in [7, 11) is 8.16. The Morgan fingerprint density at radius 2 is 1.81 bits per heavy atom. The van der Waals surface area contributed by atoms with E-state index in [-0.39, 0.29) is 0 Å². The van der Waals surface area contributed by atoms with Crippen molar-refractivity contribution in [3.05, 3.63) is 35.3 Å². The number of aromatic nitrogens is 1. The summed E-state index contributed by atoms with van der Waals surface area (Å²) in [5, 5.41) is 1.21. The first-order chi connectivity index (χ1) is 7.58. The number of fused-ring (bicyclic) bond motifs is 1. The minimum atomic E-state index is 1.21. The highest BCUT2D eigenvalue weighted by atomic mass is 15.0. The van der Waals surface area contributed by atoms with Crippen molar-refractivity contribution in [3.8, 4) is 0 Å². The third-order valence-electron chi connectivity index (χ3n) is 2.41. The molecular weight excluding hydrogens is 198 g/mol. The zero-order valence-electron chi connectivity index (χ0n) is 10.3. The van der Waals surface area contributed by atoms with Gasteiger partial charge in [0, 0.05) is 25.8 Å². The monoisotopic (exact) mass is 216 g/mol. The Morgan fingerprint density at radius 1 is 1.12 bits per heavy atom. The Labute approximate surface area is 95.9 Å². The van der Waals surface area contributed by atoms with Crippen LogP contribution in [0.25, 0.3) is 11.7 Å². The molecule has 0 aromatic carbocycles. The summed E-state index contributed by atoms with van der Waals surface area (Å²) in [5.74, 6) is 0. The molecule has 2 aromatic rings. The second-order valence-electron chi connectivity index (χ2n) is 4.46. The zero-order chi connectivity index (χ0) is 11.7. The summed E-state index contributed by atoms with van der Waals surface area (Å²) in [5.41, 5.74) is 2.44. The molecule has 2 aromatic heterocycles. The van der Waals surface area contributed by atoms with Crippen LogP contribution in [-0.2, 0) is 0 Å². The fourth-order valence-electron chi connectivity index (χ4n) is 1.87. The molecule has 0 aliphatic carbocycles. The van der Waals surface area contributed by atoms with Gasteiger partial charge in [-0.3, -0.25) is 0 Å². The van der Waals surface area contributed by atoms with Gasteiger partial charge in [0.15, 0.2) is 6.21 Å². The molecule has 3 nitrogen and oxygen atoms in total. The van der Waals surface area contributed by atoms with Crippen molar-refractivity contribution in [2.45, 2.75) is 0 Å². The summed E-state index contributed by atoms with van der Waals surface area (Å²) < 4.78 is 4.31. The lowest BCUT2D eigenvalue weighted by molar-refractivity contribution is -0.459. The zero-order valence-corrected chi connectivity index (χ0v) is 10.3. The molecule has 0 amide bonds. The van der Waals surface area contributed by atoms with Gasteiger partial charge in [0.05, 0.1) is 5.35 Å². The molecular formula is C13H18N3+. The second-order valence-corrected chi connectivity index (χ2v) is 4.46. The van der Waals surface area contributed by atoms with Crippen molar-refractivity contribution in [1.82, 2.24) is 9.30 Å². The smallest absolute Gasteiger partial charge is 0.187 e. The first-order valence-corrected chi connectivity index (χ1v) is 5.37. The summed E-state index contributed by atoms with van der Waals surface area (Å²) in [4.78, 5) is 2.06. The standard InChI is InChI=1S/C13H18N3/c1-14(2)9-12-7-5-11-6-8-13(16(11)12)10-15(3)4/h5-10H,1-4H3/q+1. The number of nitrogens with zero attached hydrogens (tertiary/aromatic N) is 3. The molecule has 0 spiro atoms. The van der Waals surface area contributed by atoms with Gasteiger partial charge in [0.25, 0.3) is 0 Å². The van der Waals surface area contributed by atoms with Crippen LogP contribution in [0.1, 0.15) is 5.69 Å². The van der Waals surface area contributed by atoms with E-state index in [0.29, 0.717) is 0 Å². The summed E-state index contributed by atoms with van der Waals surface area (Å²) >= 11 is 0. The largest absolute Gasteiger partial charge is 0.382 e. The predicted molar refractivity (Wildman–Crippen MR) is 68.0 cm³/mol. The lowest BCUT2D eigenvalue weighted by atomic mass is 10.4. The van der Waals surface area contributed by atoms with Gasteiger partial charge in [0.1, 0.15) is 19.8 Å². The maximum absolute atomic E-state index is 2.25. The molecule has 84 valence electrons. The van der Waals surface area contributed by atoms with E-state index < -0.39 is 0 Å². The third kappa shape index (κ3) is 1.94. The van der Waals surface area contributed by atoms with Crippen molar-refractivity contribution >= 4 is 17.9 Å². The van der Waals surface area contributed by atoms with Crippen molar-refractivity contribution < 1.29 is 4.58 Å². The van der Waals surface area contributed by atoms with Gasteiger partial charge >= 0.3 is 0 Å². The maximum Gasteiger partial charge on any atom is 0.187 e. The molecule has 0 bridgehead atoms. The van der Waals surface area contributed by atoms with Gasteiger partial charge in [-0.2, -0.15) is 0 Å². The van der Waals surface area contributed by atoms with Gasteiger partial charge in [0.2, 0.25) is 0 Å². The van der Waals surface area contributed by atoms with E-state index in [0.717, 1.165) is 0 Å². The van der Waals surface area contributed by atoms with Crippen molar-refractivity contribution in [3.63, 3.8) is 0 Å². The van der Waals surface area contributed by atoms with E-state index in [1.54, 1.807) is 0 Å². The topological polar surface area (TPSA) is 10.7 Å². The molecule has 0 saturated heterocycles. The second kappa shape index (κ2) is 4.00. The van der Waals surface area contributed by atoms with E-state index in [2.05, 4.69) is 50.6 Å². The van der Waals surface area contributed by atoms with Gasteiger partial charge < -0.3 is 9.30 Å². The van der Waals surface area contributed by atoms with Crippen LogP contribution in [0.4, 0.5) is 0 Å². The molecule has 0 saturated carbocycles. The molecule has 0 atom stereocenters. The van der Waals surface area contributed by atoms with Gasteiger partial charge in [-0.25, -0.2) is 4.58 Å². The van der Waals surface area contributed by atoms with Crippen molar-refractivity contribution in [2.24, 2.45) is 0 Å². The highest BCUT2D eigenvalue weighted by molar-refractivity contribution is 5.76. The van der Waals surface area contributed by atoms with Crippen molar-refractivity contribution in [2.75, 3.05) is 28.2 Å². The molecule has 0 aliphatic rings. The van der Waals surface area contributed by atoms with E-state index in [9.17, 15) is 0 Å². The third-order valence-corrected chi connectivity index (χ3v) is 2.41. The number of hydrogen-bond donors (Lipinski definition) is 0. The molecule has 2 rings (SSSR count). The molecule has 0 unspecified atom stereocenters. The molecule has 0 radical (unpaired) electrons. The van der Waals surface area contributed by atoms with E-state index >= 15 is 0 Å². The Hall–Kier alpha value is -1.77. The fraction of sp³-hybridized carbons (Fsp3) is 0.308. The van der Waals surface area contributed by atoms with Crippen LogP contribution < -0.4 is 5.35 Å². The van der Waals surface area contributed by atoms with Gasteiger partial charge in [-0.15, -0.1) is 0 Å². The molecule has 3 heteroatoms. The Kier molecular flexibility index (Phi) is 2.69. The lowest BCUT2D eigenvalue weighted by Crippen LogP contribution is -2.17. The van der Waals surface area contributed by atoms with Crippen LogP contribution >= 0.6 is 0 Å². The maximum atomic E-state index is 2.25. The fourth-order valence-corrected chi connectivity index (χ4v) is 1.87. The molecule has 0 N–H and O–H groups in total. The van der Waals surface area contributed by atoms with Crippen LogP contribution in [0, 0.1) is 0 Å². The first kappa shape index (κ1) is 10.7. The number of hydrogen-bond acceptors (Lipinski definition) is 1. The minimum absolute atomic E-state index is 1.21. The first-order valence-electron chi connectivity index (χ1n) is 5.37. The summed E-state index contributed by atoms with van der Waals surface area (Å²) in [6.45, 7) is 0. The average Bonchev–Trinajstić information content (AvgIpc) is 2.69. The van der Waals surface area contributed by atoms with E-state index in [1.807, 2.05) is 28.2 Å². The summed E-state index contributed by atoms with van der Waals surface area (Å²) in [6, 6.07) is 8.56. The SMILES string of the molecule is CN(C)/C=c1\ccc2ccc(C=[N+](C)C)n12. The molecule has 16 heavy (non-hydrogen) atoms. The normalized spacial score (nSPS) is 12.1. The number of rotatable bonds is 2. The molecule has 0 aliphatic heterocycles.